The van der Waals surface area contributed by atoms with E-state index < -0.39 is 81.7 Å². The molecule has 0 aliphatic carbocycles. The van der Waals surface area contributed by atoms with Gasteiger partial charge in [-0.1, -0.05) is 0 Å². The first-order valence-electron chi connectivity index (χ1n) is 12.2. The average molecular weight is 654 g/mol. The van der Waals surface area contributed by atoms with Gasteiger partial charge in [0.2, 0.25) is 0 Å². The van der Waals surface area contributed by atoms with Gasteiger partial charge in [-0.3, -0.25) is 22.7 Å². The first kappa shape index (κ1) is 31.2. The summed E-state index contributed by atoms with van der Waals surface area (Å²) in [6, 6.07) is 2.66. The van der Waals surface area contributed by atoms with Crippen molar-refractivity contribution in [2.75, 3.05) is 38.0 Å². The Morgan fingerprint density at radius 1 is 0.905 bits per heavy atom. The van der Waals surface area contributed by atoms with Crippen molar-refractivity contribution >= 4 is 37.6 Å². The zero-order valence-electron chi connectivity index (χ0n) is 22.0. The van der Waals surface area contributed by atoms with Gasteiger partial charge in [0.15, 0.2) is 12.5 Å². The standard InChI is InChI=1S/C20H28N6O13P2S/c1-33-15-13-9(36-17(15)25-5-3-11(21)23-19(25)27)7-35-40(29,30)38-14-10(8-42-41(31,32)39-13)37-18(16(14)34-2)26-6-4-12(22)24-20(26)28/h3-6,9-10,13-18H,7-8H2,1-2H3,(H,29,30)(H,31,32)(H2,21,23,27)(H2,22,24,28)/t9-,10-,13-,14-,15-,16-,17-,18-/m1/s1. The first-order chi connectivity index (χ1) is 19.8. The predicted molar refractivity (Wildman–Crippen MR) is 143 cm³/mol. The number of rotatable bonds is 4. The summed E-state index contributed by atoms with van der Waals surface area (Å²) in [5, 5.41) is 0. The maximum atomic E-state index is 13.3. The molecule has 2 aromatic heterocycles. The third-order valence-corrected chi connectivity index (χ3v) is 10.7. The van der Waals surface area contributed by atoms with Crippen LogP contribution in [0.25, 0.3) is 0 Å². The fourth-order valence-corrected chi connectivity index (χ4v) is 8.51. The maximum Gasteiger partial charge on any atom is 0.472 e. The highest BCUT2D eigenvalue weighted by atomic mass is 32.7. The van der Waals surface area contributed by atoms with Gasteiger partial charge in [0.1, 0.15) is 42.2 Å². The van der Waals surface area contributed by atoms with Crippen LogP contribution >= 0.6 is 26.0 Å². The lowest BCUT2D eigenvalue weighted by Gasteiger charge is -2.29. The Hall–Kier alpha value is -2.19. The molecule has 6 N–H and O–H groups in total. The van der Waals surface area contributed by atoms with Crippen LogP contribution in [0.2, 0.25) is 0 Å². The van der Waals surface area contributed by atoms with Crippen molar-refractivity contribution in [3.63, 3.8) is 0 Å². The van der Waals surface area contributed by atoms with Crippen LogP contribution in [0.1, 0.15) is 12.5 Å². The molecule has 2 aromatic rings. The number of aromatic nitrogens is 4. The molecule has 0 radical (unpaired) electrons. The Balaban J connectivity index is 1.45. The second-order valence-corrected chi connectivity index (χ2v) is 14.6. The monoisotopic (exact) mass is 654 g/mol. The lowest BCUT2D eigenvalue weighted by molar-refractivity contribution is -0.0657. The van der Waals surface area contributed by atoms with Gasteiger partial charge in [-0.25, -0.2) is 18.7 Å². The molecule has 5 heterocycles. The van der Waals surface area contributed by atoms with Gasteiger partial charge >= 0.3 is 26.0 Å². The van der Waals surface area contributed by atoms with Crippen molar-refractivity contribution in [1.29, 1.82) is 0 Å². The second kappa shape index (κ2) is 12.1. The molecule has 2 unspecified atom stereocenters. The summed E-state index contributed by atoms with van der Waals surface area (Å²) in [5.74, 6) is -0.423. The molecule has 5 rings (SSSR count). The number of ether oxygens (including phenoxy) is 4. The quantitative estimate of drug-likeness (QED) is 0.295. The number of methoxy groups -OCH3 is 2. The zero-order chi connectivity index (χ0) is 30.4. The Labute approximate surface area is 240 Å². The zero-order valence-corrected chi connectivity index (χ0v) is 24.6. The minimum absolute atomic E-state index is 0.0463. The van der Waals surface area contributed by atoms with Gasteiger partial charge in [-0.15, -0.1) is 0 Å². The molecule has 3 fully saturated rings. The summed E-state index contributed by atoms with van der Waals surface area (Å²) < 4.78 is 67.4. The molecule has 232 valence electrons. The van der Waals surface area contributed by atoms with E-state index in [1.165, 1.54) is 38.7 Å². The molecule has 0 spiro atoms. The van der Waals surface area contributed by atoms with Gasteiger partial charge in [0, 0.05) is 32.4 Å². The van der Waals surface area contributed by atoms with Crippen LogP contribution in [-0.2, 0) is 41.6 Å². The molecule has 22 heteroatoms. The lowest BCUT2D eigenvalue weighted by Crippen LogP contribution is -2.40. The normalized spacial score (nSPS) is 39.1. The number of phosphoric acid groups is 1. The number of hydrogen-bond acceptors (Lipinski definition) is 16. The van der Waals surface area contributed by atoms with E-state index in [9.17, 15) is 28.5 Å². The summed E-state index contributed by atoms with van der Waals surface area (Å²) in [6.07, 6.45) is -7.44. The van der Waals surface area contributed by atoms with E-state index >= 15 is 0 Å². The summed E-state index contributed by atoms with van der Waals surface area (Å²) in [4.78, 5) is 53.7. The molecule has 10 atom stereocenters. The van der Waals surface area contributed by atoms with Crippen molar-refractivity contribution in [2.45, 2.75) is 49.1 Å². The van der Waals surface area contributed by atoms with E-state index in [-0.39, 0.29) is 17.4 Å². The average Bonchev–Trinajstić information content (AvgIpc) is 3.42. The van der Waals surface area contributed by atoms with Crippen molar-refractivity contribution < 1.29 is 51.4 Å². The summed E-state index contributed by atoms with van der Waals surface area (Å²) >= 11 is 0.434. The molecule has 0 bridgehead atoms. The third-order valence-electron chi connectivity index (χ3n) is 6.68. The molecule has 3 aliphatic heterocycles. The maximum absolute atomic E-state index is 13.3. The highest BCUT2D eigenvalue weighted by Crippen LogP contribution is 2.60. The van der Waals surface area contributed by atoms with Crippen LogP contribution in [0, 0.1) is 0 Å². The van der Waals surface area contributed by atoms with Crippen LogP contribution in [-0.4, -0.2) is 92.1 Å². The Morgan fingerprint density at radius 2 is 1.40 bits per heavy atom. The first-order valence-corrected chi connectivity index (χ1v) is 16.9. The number of nitrogen functional groups attached to an aromatic ring is 2. The number of nitrogens with two attached hydrogens (primary N) is 2. The molecule has 42 heavy (non-hydrogen) atoms. The van der Waals surface area contributed by atoms with E-state index in [1.54, 1.807) is 0 Å². The molecular formula is C20H28N6O13P2S. The molecule has 3 saturated heterocycles. The Kier molecular flexibility index (Phi) is 8.98. The van der Waals surface area contributed by atoms with Crippen molar-refractivity contribution in [3.05, 3.63) is 45.5 Å². The molecule has 19 nitrogen and oxygen atoms in total. The number of fused-ring (bicyclic) bond motifs is 2. The van der Waals surface area contributed by atoms with Crippen LogP contribution < -0.4 is 22.8 Å². The predicted octanol–water partition coefficient (Wildman–Crippen LogP) is -0.776. The minimum atomic E-state index is -4.91. The van der Waals surface area contributed by atoms with Crippen molar-refractivity contribution in [2.24, 2.45) is 0 Å². The van der Waals surface area contributed by atoms with Crippen molar-refractivity contribution in [1.82, 2.24) is 19.1 Å². The van der Waals surface area contributed by atoms with E-state index in [0.717, 1.165) is 9.13 Å². The minimum Gasteiger partial charge on any atom is -0.383 e. The fourth-order valence-electron chi connectivity index (χ4n) is 4.83. The van der Waals surface area contributed by atoms with Gasteiger partial charge in [-0.2, -0.15) is 9.97 Å². The molecule has 0 amide bonds. The summed E-state index contributed by atoms with van der Waals surface area (Å²) in [5.41, 5.74) is 9.53. The molecule has 3 aliphatic rings. The molecule has 0 saturated carbocycles. The number of anilines is 2. The SMILES string of the molecule is CO[C@@H]1[C@@H]2OP(=O)(O)OC[C@H]3O[C@@H](n4ccc(N)nc4=O)[C@H](OC)[C@@H]3OP(=O)(O)SC[C@H]2O[C@H]1n1ccc(N)nc1=O. The topological polar surface area (TPSA) is 261 Å². The van der Waals surface area contributed by atoms with Gasteiger partial charge in [0.25, 0.3) is 0 Å². The fraction of sp³-hybridized carbons (Fsp3) is 0.600. The number of nitrogens with zero attached hydrogens (tertiary/aromatic N) is 4. The van der Waals surface area contributed by atoms with Crippen LogP contribution in [0.4, 0.5) is 11.6 Å². The number of hydrogen-bond donors (Lipinski definition) is 4. The van der Waals surface area contributed by atoms with E-state index in [2.05, 4.69) is 9.97 Å². The van der Waals surface area contributed by atoms with E-state index in [1.807, 2.05) is 0 Å². The van der Waals surface area contributed by atoms with E-state index in [4.69, 9.17) is 44.0 Å². The van der Waals surface area contributed by atoms with Crippen LogP contribution in [0.3, 0.4) is 0 Å². The molecule has 0 aromatic carbocycles. The summed E-state index contributed by atoms with van der Waals surface area (Å²) in [7, 11) is -2.40. The Bertz CT molecular complexity index is 1420. The summed E-state index contributed by atoms with van der Waals surface area (Å²) in [6.45, 7) is -5.24. The highest BCUT2D eigenvalue weighted by molar-refractivity contribution is 8.54. The molecular weight excluding hydrogens is 626 g/mol. The largest absolute Gasteiger partial charge is 0.472 e. The second-order valence-electron chi connectivity index (χ2n) is 9.28. The smallest absolute Gasteiger partial charge is 0.383 e. The lowest BCUT2D eigenvalue weighted by atomic mass is 10.1. The van der Waals surface area contributed by atoms with Crippen LogP contribution in [0.5, 0.6) is 0 Å². The highest BCUT2D eigenvalue weighted by Gasteiger charge is 2.54. The number of phosphoric ester groups is 1. The van der Waals surface area contributed by atoms with Crippen molar-refractivity contribution in [3.8, 4) is 0 Å². The van der Waals surface area contributed by atoms with E-state index in [0.29, 0.717) is 11.4 Å². The van der Waals surface area contributed by atoms with Gasteiger partial charge in [-0.05, 0) is 23.5 Å². The van der Waals surface area contributed by atoms with Gasteiger partial charge in [0.05, 0.1) is 12.7 Å². The third kappa shape index (κ3) is 6.35. The Morgan fingerprint density at radius 3 is 1.90 bits per heavy atom. The van der Waals surface area contributed by atoms with Gasteiger partial charge < -0.3 is 40.2 Å². The van der Waals surface area contributed by atoms with Crippen LogP contribution in [0.15, 0.2) is 34.1 Å².